The van der Waals surface area contributed by atoms with Crippen molar-refractivity contribution in [1.82, 2.24) is 4.90 Å². The minimum atomic E-state index is -0.172. The first-order valence-electron chi connectivity index (χ1n) is 6.53. The molecular weight excluding hydrogens is 227 g/mol. The van der Waals surface area contributed by atoms with Gasteiger partial charge in [0.25, 0.3) is 0 Å². The quantitative estimate of drug-likeness (QED) is 0.818. The SMILES string of the molecule is CN(Cc1cccc(F)c1)C1CCC(C#N)CC1. The molecule has 96 valence electrons. The molecule has 0 radical (unpaired) electrons. The summed E-state index contributed by atoms with van der Waals surface area (Å²) >= 11 is 0. The third-order valence-corrected chi connectivity index (χ3v) is 3.82. The van der Waals surface area contributed by atoms with E-state index in [4.69, 9.17) is 5.26 Å². The molecule has 0 spiro atoms. The molecule has 1 saturated carbocycles. The number of nitriles is 1. The fourth-order valence-electron chi connectivity index (χ4n) is 2.70. The van der Waals surface area contributed by atoms with E-state index in [9.17, 15) is 4.39 Å². The van der Waals surface area contributed by atoms with Crippen LogP contribution in [0.3, 0.4) is 0 Å². The smallest absolute Gasteiger partial charge is 0.123 e. The van der Waals surface area contributed by atoms with E-state index in [-0.39, 0.29) is 11.7 Å². The Balaban J connectivity index is 1.89. The maximum Gasteiger partial charge on any atom is 0.123 e. The van der Waals surface area contributed by atoms with Gasteiger partial charge >= 0.3 is 0 Å². The second-order valence-electron chi connectivity index (χ2n) is 5.18. The average molecular weight is 246 g/mol. The van der Waals surface area contributed by atoms with E-state index in [1.807, 2.05) is 6.07 Å². The monoisotopic (exact) mass is 246 g/mol. The van der Waals surface area contributed by atoms with Gasteiger partial charge in [-0.2, -0.15) is 5.26 Å². The largest absolute Gasteiger partial charge is 0.299 e. The number of hydrogen-bond donors (Lipinski definition) is 0. The van der Waals surface area contributed by atoms with E-state index in [1.54, 1.807) is 12.1 Å². The van der Waals surface area contributed by atoms with Crippen molar-refractivity contribution in [2.75, 3.05) is 7.05 Å². The molecule has 0 amide bonds. The van der Waals surface area contributed by atoms with Gasteiger partial charge in [0, 0.05) is 18.5 Å². The molecule has 1 aliphatic carbocycles. The summed E-state index contributed by atoms with van der Waals surface area (Å²) < 4.78 is 13.1. The van der Waals surface area contributed by atoms with Crippen LogP contribution in [0.4, 0.5) is 4.39 Å². The third-order valence-electron chi connectivity index (χ3n) is 3.82. The highest BCUT2D eigenvalue weighted by molar-refractivity contribution is 5.16. The minimum absolute atomic E-state index is 0.172. The second-order valence-corrected chi connectivity index (χ2v) is 5.18. The standard InChI is InChI=1S/C15H19FN2/c1-18(11-13-3-2-4-14(16)9-13)15-7-5-12(10-17)6-8-15/h2-4,9,12,15H,5-8,11H2,1H3. The molecule has 2 rings (SSSR count). The van der Waals surface area contributed by atoms with E-state index in [1.165, 1.54) is 6.07 Å². The first-order valence-corrected chi connectivity index (χ1v) is 6.53. The molecule has 0 saturated heterocycles. The van der Waals surface area contributed by atoms with Crippen LogP contribution in [0.1, 0.15) is 31.2 Å². The van der Waals surface area contributed by atoms with Gasteiger partial charge in [-0.25, -0.2) is 4.39 Å². The Bertz CT molecular complexity index is 430. The number of benzene rings is 1. The van der Waals surface area contributed by atoms with Crippen LogP contribution in [-0.4, -0.2) is 18.0 Å². The van der Waals surface area contributed by atoms with Gasteiger partial charge in [-0.05, 0) is 50.4 Å². The van der Waals surface area contributed by atoms with E-state index < -0.39 is 0 Å². The van der Waals surface area contributed by atoms with Crippen molar-refractivity contribution in [2.24, 2.45) is 5.92 Å². The summed E-state index contributed by atoms with van der Waals surface area (Å²) in [4.78, 5) is 2.28. The number of nitrogens with zero attached hydrogens (tertiary/aromatic N) is 2. The van der Waals surface area contributed by atoms with Crippen molar-refractivity contribution < 1.29 is 4.39 Å². The van der Waals surface area contributed by atoms with Crippen molar-refractivity contribution in [1.29, 1.82) is 5.26 Å². The topological polar surface area (TPSA) is 27.0 Å². The Labute approximate surface area is 108 Å². The predicted octanol–water partition coefficient (Wildman–Crippen LogP) is 3.34. The van der Waals surface area contributed by atoms with Gasteiger partial charge in [-0.15, -0.1) is 0 Å². The Morgan fingerprint density at radius 1 is 1.33 bits per heavy atom. The van der Waals surface area contributed by atoms with Gasteiger partial charge in [0.05, 0.1) is 6.07 Å². The van der Waals surface area contributed by atoms with Crippen LogP contribution in [0.25, 0.3) is 0 Å². The Morgan fingerprint density at radius 2 is 2.06 bits per heavy atom. The lowest BCUT2D eigenvalue weighted by atomic mass is 9.86. The zero-order valence-corrected chi connectivity index (χ0v) is 10.8. The van der Waals surface area contributed by atoms with Crippen molar-refractivity contribution in [3.05, 3.63) is 35.6 Å². The molecule has 1 fully saturated rings. The highest BCUT2D eigenvalue weighted by Gasteiger charge is 2.23. The summed E-state index contributed by atoms with van der Waals surface area (Å²) in [6, 6.07) is 9.66. The molecule has 1 aliphatic rings. The molecule has 0 aliphatic heterocycles. The van der Waals surface area contributed by atoms with Crippen LogP contribution in [0, 0.1) is 23.1 Å². The number of hydrogen-bond acceptors (Lipinski definition) is 2. The van der Waals surface area contributed by atoms with Crippen LogP contribution in [0.5, 0.6) is 0 Å². The van der Waals surface area contributed by atoms with Gasteiger partial charge in [0.2, 0.25) is 0 Å². The Hall–Kier alpha value is -1.40. The molecule has 1 aromatic carbocycles. The van der Waals surface area contributed by atoms with Crippen molar-refractivity contribution in [3.63, 3.8) is 0 Å². The average Bonchev–Trinajstić information content (AvgIpc) is 2.39. The normalized spacial score (nSPS) is 23.9. The van der Waals surface area contributed by atoms with Gasteiger partial charge < -0.3 is 0 Å². The lowest BCUT2D eigenvalue weighted by molar-refractivity contribution is 0.171. The summed E-state index contributed by atoms with van der Waals surface area (Å²) in [5.74, 6) is 0.0675. The molecule has 0 atom stereocenters. The van der Waals surface area contributed by atoms with Crippen molar-refractivity contribution in [2.45, 2.75) is 38.3 Å². The minimum Gasteiger partial charge on any atom is -0.299 e. The van der Waals surface area contributed by atoms with Crippen LogP contribution in [0.2, 0.25) is 0 Å². The summed E-state index contributed by atoms with van der Waals surface area (Å²) in [6.07, 6.45) is 4.14. The van der Waals surface area contributed by atoms with Crippen molar-refractivity contribution >= 4 is 0 Å². The van der Waals surface area contributed by atoms with Gasteiger partial charge in [-0.3, -0.25) is 4.90 Å². The summed E-state index contributed by atoms with van der Waals surface area (Å²) in [5.41, 5.74) is 1.01. The first kappa shape index (κ1) is 13.0. The summed E-state index contributed by atoms with van der Waals surface area (Å²) in [7, 11) is 2.09. The molecule has 1 aromatic rings. The zero-order valence-electron chi connectivity index (χ0n) is 10.8. The fourth-order valence-corrected chi connectivity index (χ4v) is 2.70. The van der Waals surface area contributed by atoms with E-state index >= 15 is 0 Å². The van der Waals surface area contributed by atoms with E-state index in [0.717, 1.165) is 37.8 Å². The molecule has 0 unspecified atom stereocenters. The van der Waals surface area contributed by atoms with Crippen LogP contribution in [0.15, 0.2) is 24.3 Å². The lowest BCUT2D eigenvalue weighted by Gasteiger charge is -2.32. The third kappa shape index (κ3) is 3.30. The van der Waals surface area contributed by atoms with Crippen LogP contribution in [-0.2, 0) is 6.54 Å². The molecular formula is C15H19FN2. The van der Waals surface area contributed by atoms with Crippen LogP contribution >= 0.6 is 0 Å². The number of rotatable bonds is 3. The Kier molecular flexibility index (Phi) is 4.33. The van der Waals surface area contributed by atoms with Gasteiger partial charge in [0.1, 0.15) is 5.82 Å². The van der Waals surface area contributed by atoms with Crippen LogP contribution < -0.4 is 0 Å². The second kappa shape index (κ2) is 5.97. The molecule has 0 aromatic heterocycles. The highest BCUT2D eigenvalue weighted by Crippen LogP contribution is 2.27. The van der Waals surface area contributed by atoms with E-state index in [0.29, 0.717) is 6.04 Å². The summed E-state index contributed by atoms with van der Waals surface area (Å²) in [5, 5.41) is 8.88. The molecule has 3 heteroatoms. The Morgan fingerprint density at radius 3 is 2.67 bits per heavy atom. The molecule has 0 N–H and O–H groups in total. The zero-order chi connectivity index (χ0) is 13.0. The number of halogens is 1. The van der Waals surface area contributed by atoms with Crippen molar-refractivity contribution in [3.8, 4) is 6.07 Å². The maximum absolute atomic E-state index is 13.1. The molecule has 2 nitrogen and oxygen atoms in total. The molecule has 0 bridgehead atoms. The highest BCUT2D eigenvalue weighted by atomic mass is 19.1. The van der Waals surface area contributed by atoms with Gasteiger partial charge in [-0.1, -0.05) is 12.1 Å². The molecule has 0 heterocycles. The lowest BCUT2D eigenvalue weighted by Crippen LogP contribution is -2.34. The van der Waals surface area contributed by atoms with E-state index in [2.05, 4.69) is 18.0 Å². The molecule has 18 heavy (non-hydrogen) atoms. The fraction of sp³-hybridized carbons (Fsp3) is 0.533. The predicted molar refractivity (Wildman–Crippen MR) is 69.2 cm³/mol. The first-order chi connectivity index (χ1) is 8.69. The summed E-state index contributed by atoms with van der Waals surface area (Å²) in [6.45, 7) is 0.777. The maximum atomic E-state index is 13.1. The van der Waals surface area contributed by atoms with Gasteiger partial charge in [0.15, 0.2) is 0 Å².